The fourth-order valence-corrected chi connectivity index (χ4v) is 5.30. The topological polar surface area (TPSA) is 92.5 Å². The van der Waals surface area contributed by atoms with Crippen molar-refractivity contribution >= 4 is 15.8 Å². The van der Waals surface area contributed by atoms with Gasteiger partial charge in [0.2, 0.25) is 0 Å². The molecule has 0 amide bonds. The Morgan fingerprint density at radius 3 is 2.91 bits per heavy atom. The molecule has 3 heterocycles. The molecule has 2 aliphatic rings. The highest BCUT2D eigenvalue weighted by molar-refractivity contribution is 7.91. The lowest BCUT2D eigenvalue weighted by molar-refractivity contribution is -0.136. The highest BCUT2D eigenvalue weighted by Gasteiger charge is 2.28. The van der Waals surface area contributed by atoms with E-state index in [0.717, 1.165) is 50.4 Å². The minimum atomic E-state index is -2.79. The average Bonchev–Trinajstić information content (AvgIpc) is 3.05. The molecular formula is C15H23N3O4S. The first-order valence-electron chi connectivity index (χ1n) is 8.11. The van der Waals surface area contributed by atoms with Crippen molar-refractivity contribution in [1.82, 2.24) is 14.7 Å². The fraction of sp³-hybridized carbons (Fsp3) is 0.733. The second kappa shape index (κ2) is 6.60. The van der Waals surface area contributed by atoms with Gasteiger partial charge in [-0.05, 0) is 31.4 Å². The van der Waals surface area contributed by atoms with Crippen LogP contribution in [0.5, 0.6) is 0 Å². The molecule has 0 aromatic carbocycles. The van der Waals surface area contributed by atoms with E-state index in [1.54, 1.807) is 0 Å². The molecule has 1 fully saturated rings. The van der Waals surface area contributed by atoms with E-state index in [1.165, 1.54) is 0 Å². The molecule has 0 bridgehead atoms. The van der Waals surface area contributed by atoms with Crippen molar-refractivity contribution < 1.29 is 18.3 Å². The third-order valence-corrected chi connectivity index (χ3v) is 6.54. The zero-order valence-corrected chi connectivity index (χ0v) is 14.0. The Labute approximate surface area is 136 Å². The fourth-order valence-electron chi connectivity index (χ4n) is 3.39. The third kappa shape index (κ3) is 4.32. The number of carboxylic acid groups (broad SMARTS) is 1. The molecule has 128 valence electrons. The van der Waals surface area contributed by atoms with Gasteiger partial charge in [-0.2, -0.15) is 5.10 Å². The molecule has 0 spiro atoms. The Hall–Kier alpha value is -1.41. The van der Waals surface area contributed by atoms with Gasteiger partial charge in [0, 0.05) is 19.5 Å². The van der Waals surface area contributed by atoms with E-state index in [-0.39, 0.29) is 6.42 Å². The van der Waals surface area contributed by atoms with Crippen molar-refractivity contribution in [1.29, 1.82) is 0 Å². The number of rotatable bonds is 6. The summed E-state index contributed by atoms with van der Waals surface area (Å²) in [4.78, 5) is 13.0. The first kappa shape index (κ1) is 16.4. The predicted molar refractivity (Wildman–Crippen MR) is 84.8 cm³/mol. The maximum absolute atomic E-state index is 11.5. The monoisotopic (exact) mass is 341 g/mol. The van der Waals surface area contributed by atoms with E-state index in [1.807, 2.05) is 10.7 Å². The maximum Gasteiger partial charge on any atom is 0.303 e. The number of aliphatic carboxylic acids is 1. The van der Waals surface area contributed by atoms with Gasteiger partial charge in [0.15, 0.2) is 9.84 Å². The van der Waals surface area contributed by atoms with Crippen LogP contribution in [0.4, 0.5) is 0 Å². The molecule has 23 heavy (non-hydrogen) atoms. The number of carbonyl (C=O) groups is 1. The Balaban J connectivity index is 1.50. The Morgan fingerprint density at radius 2 is 2.22 bits per heavy atom. The summed E-state index contributed by atoms with van der Waals surface area (Å²) in [5.41, 5.74) is 1.96. The van der Waals surface area contributed by atoms with E-state index in [9.17, 15) is 13.2 Å². The van der Waals surface area contributed by atoms with E-state index < -0.39 is 15.8 Å². The Morgan fingerprint density at radius 1 is 1.39 bits per heavy atom. The Bertz CT molecular complexity index is 683. The second-order valence-corrected chi connectivity index (χ2v) is 8.81. The standard InChI is InChI=1S/C15H23N3O4S/c19-15(20)2-1-13-9-14-10-17(6-7-18(14)16-13)5-3-12-4-8-23(21,22)11-12/h9,12H,1-8,10-11H2,(H,19,20)/t12-/m1/s1. The summed E-state index contributed by atoms with van der Waals surface area (Å²) >= 11 is 0. The van der Waals surface area contributed by atoms with Crippen LogP contribution in [0.3, 0.4) is 0 Å². The van der Waals surface area contributed by atoms with Crippen LogP contribution in [0.25, 0.3) is 0 Å². The highest BCUT2D eigenvalue weighted by atomic mass is 32.2. The Kier molecular flexibility index (Phi) is 4.72. The number of sulfone groups is 1. The number of aryl methyl sites for hydroxylation is 1. The number of hydrogen-bond acceptors (Lipinski definition) is 5. The summed E-state index contributed by atoms with van der Waals surface area (Å²) in [5.74, 6) is 0.192. The van der Waals surface area contributed by atoms with Crippen LogP contribution in [-0.2, 0) is 34.1 Å². The molecule has 1 N–H and O–H groups in total. The van der Waals surface area contributed by atoms with Gasteiger partial charge < -0.3 is 5.11 Å². The lowest BCUT2D eigenvalue weighted by Crippen LogP contribution is -2.35. The van der Waals surface area contributed by atoms with E-state index in [0.29, 0.717) is 23.8 Å². The summed E-state index contributed by atoms with van der Waals surface area (Å²) in [6.45, 7) is 3.44. The molecule has 2 aliphatic heterocycles. The van der Waals surface area contributed by atoms with Gasteiger partial charge in [0.1, 0.15) is 0 Å². The van der Waals surface area contributed by atoms with Crippen LogP contribution >= 0.6 is 0 Å². The van der Waals surface area contributed by atoms with Crippen molar-refractivity contribution in [2.75, 3.05) is 24.6 Å². The molecule has 8 heteroatoms. The average molecular weight is 341 g/mol. The quantitative estimate of drug-likeness (QED) is 0.812. The van der Waals surface area contributed by atoms with E-state index in [4.69, 9.17) is 5.11 Å². The van der Waals surface area contributed by atoms with Crippen molar-refractivity contribution in [2.45, 2.75) is 38.8 Å². The smallest absolute Gasteiger partial charge is 0.303 e. The molecule has 3 rings (SSSR count). The lowest BCUT2D eigenvalue weighted by Gasteiger charge is -2.28. The molecule has 0 unspecified atom stereocenters. The van der Waals surface area contributed by atoms with Crippen molar-refractivity contribution in [3.63, 3.8) is 0 Å². The van der Waals surface area contributed by atoms with Gasteiger partial charge in [0.25, 0.3) is 0 Å². The first-order valence-corrected chi connectivity index (χ1v) is 9.93. The van der Waals surface area contributed by atoms with Gasteiger partial charge in [-0.1, -0.05) is 0 Å². The number of hydrogen-bond donors (Lipinski definition) is 1. The zero-order chi connectivity index (χ0) is 16.4. The molecule has 1 aromatic heterocycles. The number of fused-ring (bicyclic) bond motifs is 1. The van der Waals surface area contributed by atoms with Crippen molar-refractivity contribution in [3.05, 3.63) is 17.5 Å². The molecular weight excluding hydrogens is 318 g/mol. The molecule has 1 atom stereocenters. The molecule has 0 aliphatic carbocycles. The molecule has 0 saturated carbocycles. The van der Waals surface area contributed by atoms with Crippen molar-refractivity contribution in [3.8, 4) is 0 Å². The van der Waals surface area contributed by atoms with E-state index in [2.05, 4.69) is 10.00 Å². The predicted octanol–water partition coefficient (Wildman–Crippen LogP) is 0.541. The van der Waals surface area contributed by atoms with Gasteiger partial charge in [-0.15, -0.1) is 0 Å². The normalized spacial score (nSPS) is 23.7. The summed E-state index contributed by atoms with van der Waals surface area (Å²) in [5, 5.41) is 13.2. The number of nitrogens with zero attached hydrogens (tertiary/aromatic N) is 3. The second-order valence-electron chi connectivity index (χ2n) is 6.58. The lowest BCUT2D eigenvalue weighted by atomic mass is 10.0. The minimum Gasteiger partial charge on any atom is -0.481 e. The summed E-state index contributed by atoms with van der Waals surface area (Å²) in [6, 6.07) is 2.00. The maximum atomic E-state index is 11.5. The minimum absolute atomic E-state index is 0.107. The van der Waals surface area contributed by atoms with Gasteiger partial charge in [-0.3, -0.25) is 14.4 Å². The van der Waals surface area contributed by atoms with Crippen LogP contribution < -0.4 is 0 Å². The SMILES string of the molecule is O=C(O)CCc1cc2n(n1)CCN(CC[C@@H]1CCS(=O)(=O)C1)C2. The summed E-state index contributed by atoms with van der Waals surface area (Å²) in [7, 11) is -2.79. The van der Waals surface area contributed by atoms with Crippen LogP contribution in [0.15, 0.2) is 6.07 Å². The largest absolute Gasteiger partial charge is 0.481 e. The molecule has 0 radical (unpaired) electrons. The molecule has 7 nitrogen and oxygen atoms in total. The van der Waals surface area contributed by atoms with Crippen LogP contribution in [0.2, 0.25) is 0 Å². The molecule has 1 aromatic rings. The van der Waals surface area contributed by atoms with Crippen molar-refractivity contribution in [2.24, 2.45) is 5.92 Å². The van der Waals surface area contributed by atoms with Gasteiger partial charge in [0.05, 0.1) is 35.9 Å². The first-order chi connectivity index (χ1) is 10.9. The summed E-state index contributed by atoms with van der Waals surface area (Å²) < 4.78 is 25.0. The summed E-state index contributed by atoms with van der Waals surface area (Å²) in [6.07, 6.45) is 2.30. The number of aromatic nitrogens is 2. The third-order valence-electron chi connectivity index (χ3n) is 4.70. The molecule has 1 saturated heterocycles. The van der Waals surface area contributed by atoms with Crippen LogP contribution in [0.1, 0.15) is 30.7 Å². The number of carboxylic acids is 1. The van der Waals surface area contributed by atoms with Crippen LogP contribution in [0, 0.1) is 5.92 Å². The van der Waals surface area contributed by atoms with Gasteiger partial charge >= 0.3 is 5.97 Å². The zero-order valence-electron chi connectivity index (χ0n) is 13.1. The van der Waals surface area contributed by atoms with E-state index >= 15 is 0 Å². The van der Waals surface area contributed by atoms with Gasteiger partial charge in [-0.25, -0.2) is 8.42 Å². The van der Waals surface area contributed by atoms with Crippen LogP contribution in [-0.4, -0.2) is 58.8 Å². The highest BCUT2D eigenvalue weighted by Crippen LogP contribution is 2.23.